The van der Waals surface area contributed by atoms with E-state index in [1.807, 2.05) is 49.2 Å². The van der Waals surface area contributed by atoms with Gasteiger partial charge in [-0.1, -0.05) is 30.3 Å². The molecule has 2 aliphatic rings. The number of benzene rings is 1. The molecule has 4 aromatic rings. The SMILES string of the molecule is CC1(C)OC(=O)N(C2CCC(c3cnc4[nH]c(=O)n(-c5ncccn5)c4c3)CC2)C1c1ccccc1. The molecule has 4 heterocycles. The van der Waals surface area contributed by atoms with Crippen LogP contribution in [0.25, 0.3) is 17.1 Å². The quantitative estimate of drug-likeness (QED) is 0.457. The Morgan fingerprint density at radius 1 is 0.944 bits per heavy atom. The lowest BCUT2D eigenvalue weighted by atomic mass is 9.80. The zero-order chi connectivity index (χ0) is 24.9. The molecule has 0 spiro atoms. The fourth-order valence-corrected chi connectivity index (χ4v) is 5.85. The monoisotopic (exact) mass is 484 g/mol. The van der Waals surface area contributed by atoms with Gasteiger partial charge < -0.3 is 4.74 Å². The van der Waals surface area contributed by atoms with Crippen LogP contribution < -0.4 is 5.69 Å². The second kappa shape index (κ2) is 8.58. The Balaban J connectivity index is 1.25. The number of carbonyl (C=O) groups is 1. The van der Waals surface area contributed by atoms with Crippen LogP contribution in [0, 0.1) is 0 Å². The topological polar surface area (TPSA) is 106 Å². The first-order valence-electron chi connectivity index (χ1n) is 12.4. The van der Waals surface area contributed by atoms with Crippen LogP contribution in [0.3, 0.4) is 0 Å². The molecule has 1 unspecified atom stereocenters. The van der Waals surface area contributed by atoms with Gasteiger partial charge in [0.15, 0.2) is 5.65 Å². The number of nitrogens with zero attached hydrogens (tertiary/aromatic N) is 5. The Hall–Kier alpha value is -4.01. The second-order valence-electron chi connectivity index (χ2n) is 10.1. The summed E-state index contributed by atoms with van der Waals surface area (Å²) in [7, 11) is 0. The zero-order valence-corrected chi connectivity index (χ0v) is 20.3. The molecule has 36 heavy (non-hydrogen) atoms. The summed E-state index contributed by atoms with van der Waals surface area (Å²) in [6.45, 7) is 3.98. The van der Waals surface area contributed by atoms with Gasteiger partial charge in [0, 0.05) is 24.6 Å². The van der Waals surface area contributed by atoms with Crippen LogP contribution in [0.5, 0.6) is 0 Å². The van der Waals surface area contributed by atoms with Gasteiger partial charge in [-0.3, -0.25) is 9.88 Å². The average molecular weight is 485 g/mol. The molecular weight excluding hydrogens is 456 g/mol. The number of aromatic nitrogens is 5. The Labute approximate surface area is 208 Å². The number of ether oxygens (including phenoxy) is 1. The molecule has 1 N–H and O–H groups in total. The van der Waals surface area contributed by atoms with E-state index in [-0.39, 0.29) is 29.8 Å². The van der Waals surface area contributed by atoms with Crippen molar-refractivity contribution in [1.82, 2.24) is 29.4 Å². The highest BCUT2D eigenvalue weighted by atomic mass is 16.6. The Morgan fingerprint density at radius 3 is 2.39 bits per heavy atom. The molecule has 6 rings (SSSR count). The number of hydrogen-bond acceptors (Lipinski definition) is 6. The molecule has 1 aromatic carbocycles. The summed E-state index contributed by atoms with van der Waals surface area (Å²) in [5, 5.41) is 0. The van der Waals surface area contributed by atoms with Gasteiger partial charge in [0.05, 0.1) is 11.6 Å². The van der Waals surface area contributed by atoms with E-state index in [1.54, 1.807) is 18.5 Å². The maximum Gasteiger partial charge on any atom is 0.411 e. The van der Waals surface area contributed by atoms with Gasteiger partial charge >= 0.3 is 11.8 Å². The summed E-state index contributed by atoms with van der Waals surface area (Å²) in [5.41, 5.74) is 2.44. The third-order valence-electron chi connectivity index (χ3n) is 7.48. The third-order valence-corrected chi connectivity index (χ3v) is 7.48. The number of aromatic amines is 1. The minimum atomic E-state index is -0.596. The van der Waals surface area contributed by atoms with Crippen molar-refractivity contribution in [3.8, 4) is 5.95 Å². The first-order valence-corrected chi connectivity index (χ1v) is 12.4. The Kier molecular flexibility index (Phi) is 5.35. The summed E-state index contributed by atoms with van der Waals surface area (Å²) in [6.07, 6.45) is 8.41. The van der Waals surface area contributed by atoms with Crippen LogP contribution in [0.15, 0.2) is 65.8 Å². The van der Waals surface area contributed by atoms with Crippen LogP contribution in [-0.4, -0.2) is 47.1 Å². The minimum Gasteiger partial charge on any atom is -0.441 e. The van der Waals surface area contributed by atoms with Gasteiger partial charge in [0.25, 0.3) is 0 Å². The molecule has 3 aromatic heterocycles. The Bertz CT molecular complexity index is 1460. The predicted molar refractivity (Wildman–Crippen MR) is 134 cm³/mol. The van der Waals surface area contributed by atoms with E-state index in [0.29, 0.717) is 17.1 Å². The first kappa shape index (κ1) is 22.5. The van der Waals surface area contributed by atoms with Gasteiger partial charge in [-0.25, -0.2) is 29.1 Å². The van der Waals surface area contributed by atoms with Crippen LogP contribution in [0.2, 0.25) is 0 Å². The molecule has 1 amide bonds. The molecule has 1 saturated heterocycles. The van der Waals surface area contributed by atoms with E-state index >= 15 is 0 Å². The molecule has 0 radical (unpaired) electrons. The summed E-state index contributed by atoms with van der Waals surface area (Å²) >= 11 is 0. The van der Waals surface area contributed by atoms with E-state index in [1.165, 1.54) is 4.57 Å². The van der Waals surface area contributed by atoms with Crippen LogP contribution >= 0.6 is 0 Å². The number of carbonyl (C=O) groups excluding carboxylic acids is 1. The standard InChI is InChI=1S/C27H28N6O3/c1-27(2)22(18-7-4-3-5-8-18)32(26(35)36-27)20-11-9-17(10-12-20)19-15-21-23(30-16-19)31-25(34)33(21)24-28-13-6-14-29-24/h3-8,13-17,20,22H,9-12H2,1-2H3,(H,30,31,34). The Morgan fingerprint density at radius 2 is 1.67 bits per heavy atom. The number of H-pyrrole nitrogens is 1. The van der Waals surface area contributed by atoms with Crippen molar-refractivity contribution < 1.29 is 9.53 Å². The predicted octanol–water partition coefficient (Wildman–Crippen LogP) is 4.50. The van der Waals surface area contributed by atoms with E-state index in [0.717, 1.165) is 36.8 Å². The van der Waals surface area contributed by atoms with Gasteiger partial charge in [0.1, 0.15) is 5.60 Å². The fourth-order valence-electron chi connectivity index (χ4n) is 5.85. The number of amides is 1. The molecular formula is C27H28N6O3. The number of fused-ring (bicyclic) bond motifs is 1. The molecule has 9 heteroatoms. The second-order valence-corrected chi connectivity index (χ2v) is 10.1. The molecule has 1 aliphatic carbocycles. The summed E-state index contributed by atoms with van der Waals surface area (Å²) in [5.74, 6) is 0.605. The number of imidazole rings is 1. The molecule has 2 fully saturated rings. The lowest BCUT2D eigenvalue weighted by Crippen LogP contribution is -2.42. The van der Waals surface area contributed by atoms with E-state index in [4.69, 9.17) is 4.74 Å². The minimum absolute atomic E-state index is 0.112. The smallest absolute Gasteiger partial charge is 0.411 e. The van der Waals surface area contributed by atoms with Gasteiger partial charge in [0.2, 0.25) is 5.95 Å². The van der Waals surface area contributed by atoms with Crippen LogP contribution in [-0.2, 0) is 4.74 Å². The van der Waals surface area contributed by atoms with Crippen molar-refractivity contribution in [2.75, 3.05) is 0 Å². The van der Waals surface area contributed by atoms with Crippen molar-refractivity contribution in [1.29, 1.82) is 0 Å². The lowest BCUT2D eigenvalue weighted by molar-refractivity contribution is 0.0664. The molecule has 0 bridgehead atoms. The largest absolute Gasteiger partial charge is 0.441 e. The molecule has 184 valence electrons. The van der Waals surface area contributed by atoms with Crippen LogP contribution in [0.1, 0.15) is 62.6 Å². The summed E-state index contributed by atoms with van der Waals surface area (Å²) < 4.78 is 7.29. The van der Waals surface area contributed by atoms with E-state index < -0.39 is 5.60 Å². The molecule has 1 atom stereocenters. The number of cyclic esters (lactones) is 1. The van der Waals surface area contributed by atoms with Crippen molar-refractivity contribution in [2.24, 2.45) is 0 Å². The molecule has 1 aliphatic heterocycles. The molecule has 1 saturated carbocycles. The first-order chi connectivity index (χ1) is 17.4. The van der Waals surface area contributed by atoms with Crippen molar-refractivity contribution in [2.45, 2.75) is 63.1 Å². The zero-order valence-electron chi connectivity index (χ0n) is 20.3. The number of pyridine rings is 1. The fraction of sp³-hybridized carbons (Fsp3) is 0.370. The number of hydrogen-bond donors (Lipinski definition) is 1. The van der Waals surface area contributed by atoms with Crippen molar-refractivity contribution in [3.63, 3.8) is 0 Å². The van der Waals surface area contributed by atoms with E-state index in [9.17, 15) is 9.59 Å². The third kappa shape index (κ3) is 3.75. The van der Waals surface area contributed by atoms with Gasteiger partial charge in [-0.05, 0) is 68.7 Å². The number of rotatable bonds is 4. The highest BCUT2D eigenvalue weighted by molar-refractivity contribution is 5.73. The van der Waals surface area contributed by atoms with Crippen molar-refractivity contribution in [3.05, 3.63) is 82.7 Å². The maximum atomic E-state index is 13.0. The van der Waals surface area contributed by atoms with Gasteiger partial charge in [-0.2, -0.15) is 0 Å². The molecule has 9 nitrogen and oxygen atoms in total. The van der Waals surface area contributed by atoms with Crippen molar-refractivity contribution >= 4 is 17.3 Å². The highest BCUT2D eigenvalue weighted by Crippen LogP contribution is 2.46. The number of nitrogens with one attached hydrogen (secondary N) is 1. The van der Waals surface area contributed by atoms with Gasteiger partial charge in [-0.15, -0.1) is 0 Å². The average Bonchev–Trinajstić information content (AvgIpc) is 3.35. The normalized spacial score (nSPS) is 23.7. The summed E-state index contributed by atoms with van der Waals surface area (Å²) in [6, 6.07) is 13.9. The van der Waals surface area contributed by atoms with Crippen LogP contribution in [0.4, 0.5) is 4.79 Å². The summed E-state index contributed by atoms with van der Waals surface area (Å²) in [4.78, 5) is 43.3. The van der Waals surface area contributed by atoms with E-state index in [2.05, 4.69) is 32.1 Å². The maximum absolute atomic E-state index is 13.0. The highest BCUT2D eigenvalue weighted by Gasteiger charge is 2.51. The lowest BCUT2D eigenvalue weighted by Gasteiger charge is -2.38.